The molecule has 0 aromatic heterocycles. The molecule has 1 aliphatic heterocycles. The Labute approximate surface area is 72.2 Å². The number of rotatable bonds is 2. The van der Waals surface area contributed by atoms with E-state index in [1.165, 1.54) is 0 Å². The second-order valence-electron chi connectivity index (χ2n) is 3.71. The minimum absolute atomic E-state index is 0.114. The summed E-state index contributed by atoms with van der Waals surface area (Å²) < 4.78 is 0. The van der Waals surface area contributed by atoms with E-state index in [1.54, 1.807) is 0 Å². The lowest BCUT2D eigenvalue weighted by molar-refractivity contribution is 0.0147. The lowest BCUT2D eigenvalue weighted by atomic mass is 9.99. The van der Waals surface area contributed by atoms with Crippen LogP contribution in [0.3, 0.4) is 0 Å². The highest BCUT2D eigenvalue weighted by atomic mass is 16.3. The quantitative estimate of drug-likeness (QED) is 0.421. The smallest absolute Gasteiger partial charge is 0.0989 e. The summed E-state index contributed by atoms with van der Waals surface area (Å²) in [7, 11) is 0. The summed E-state index contributed by atoms with van der Waals surface area (Å²) in [5.74, 6) is 0.256. The van der Waals surface area contributed by atoms with Crippen molar-refractivity contribution in [1.29, 1.82) is 0 Å². The average Bonchev–Trinajstić information content (AvgIpc) is 2.30. The van der Waals surface area contributed by atoms with Gasteiger partial charge in [-0.25, -0.2) is 0 Å². The highest BCUT2D eigenvalue weighted by molar-refractivity contribution is 4.98. The van der Waals surface area contributed by atoms with Crippen molar-refractivity contribution >= 4 is 0 Å². The van der Waals surface area contributed by atoms with E-state index in [1.807, 2.05) is 13.8 Å². The summed E-state index contributed by atoms with van der Waals surface area (Å²) in [5, 5.41) is 30.7. The molecule has 0 aromatic carbocycles. The highest BCUT2D eigenvalue weighted by Gasteiger charge is 2.41. The van der Waals surface area contributed by atoms with Gasteiger partial charge in [-0.2, -0.15) is 0 Å². The van der Waals surface area contributed by atoms with Gasteiger partial charge in [-0.15, -0.1) is 0 Å². The minimum Gasteiger partial charge on any atom is -0.395 e. The normalized spacial score (nSPS) is 42.5. The van der Waals surface area contributed by atoms with Crippen LogP contribution in [0.2, 0.25) is 0 Å². The molecule has 1 heterocycles. The van der Waals surface area contributed by atoms with Gasteiger partial charge in [0.05, 0.1) is 24.9 Å². The van der Waals surface area contributed by atoms with Crippen molar-refractivity contribution in [2.75, 3.05) is 6.61 Å². The molecule has 0 spiro atoms. The van der Waals surface area contributed by atoms with Crippen molar-refractivity contribution < 1.29 is 15.3 Å². The maximum absolute atomic E-state index is 9.51. The van der Waals surface area contributed by atoms with Crippen LogP contribution in [-0.2, 0) is 0 Å². The molecule has 0 amide bonds. The van der Waals surface area contributed by atoms with E-state index in [9.17, 15) is 10.2 Å². The van der Waals surface area contributed by atoms with Gasteiger partial charge in [-0.1, -0.05) is 13.8 Å². The van der Waals surface area contributed by atoms with Crippen molar-refractivity contribution in [3.8, 4) is 0 Å². The third-order valence-electron chi connectivity index (χ3n) is 2.45. The second-order valence-corrected chi connectivity index (χ2v) is 3.71. The van der Waals surface area contributed by atoms with Gasteiger partial charge in [0.25, 0.3) is 0 Å². The number of nitrogens with one attached hydrogen (secondary N) is 1. The van der Waals surface area contributed by atoms with Crippen molar-refractivity contribution in [3.63, 3.8) is 0 Å². The zero-order valence-corrected chi connectivity index (χ0v) is 7.44. The second kappa shape index (κ2) is 3.70. The standard InChI is InChI=1S/C8H17NO3/c1-4(2)6-8(12)7(11)5(3-10)9-6/h4-12H,3H2,1-2H3/t5?,6?,7-,8?/m0/s1. The predicted molar refractivity (Wildman–Crippen MR) is 44.6 cm³/mol. The van der Waals surface area contributed by atoms with Crippen molar-refractivity contribution in [1.82, 2.24) is 5.32 Å². The maximum atomic E-state index is 9.51. The van der Waals surface area contributed by atoms with Gasteiger partial charge in [0, 0.05) is 6.04 Å². The van der Waals surface area contributed by atoms with Crippen molar-refractivity contribution in [2.45, 2.75) is 38.1 Å². The van der Waals surface area contributed by atoms with Gasteiger partial charge in [0.15, 0.2) is 0 Å². The predicted octanol–water partition coefficient (Wildman–Crippen LogP) is -1.30. The Morgan fingerprint density at radius 2 is 1.83 bits per heavy atom. The summed E-state index contributed by atoms with van der Waals surface area (Å²) >= 11 is 0. The Balaban J connectivity index is 2.60. The molecule has 4 heteroatoms. The molecule has 4 N–H and O–H groups in total. The first-order chi connectivity index (χ1) is 5.57. The highest BCUT2D eigenvalue weighted by Crippen LogP contribution is 2.19. The van der Waals surface area contributed by atoms with E-state index in [2.05, 4.69) is 5.32 Å². The van der Waals surface area contributed by atoms with E-state index < -0.39 is 12.2 Å². The molecule has 1 fully saturated rings. The lowest BCUT2D eigenvalue weighted by Gasteiger charge is -2.19. The molecule has 0 aliphatic carbocycles. The summed E-state index contributed by atoms with van der Waals surface area (Å²) in [4.78, 5) is 0. The van der Waals surface area contributed by atoms with Crippen molar-refractivity contribution in [3.05, 3.63) is 0 Å². The lowest BCUT2D eigenvalue weighted by Crippen LogP contribution is -2.38. The number of hydrogen-bond acceptors (Lipinski definition) is 4. The minimum atomic E-state index is -0.845. The van der Waals surface area contributed by atoms with Crippen LogP contribution in [0.4, 0.5) is 0 Å². The van der Waals surface area contributed by atoms with Crippen LogP contribution < -0.4 is 5.32 Å². The Morgan fingerprint density at radius 1 is 1.25 bits per heavy atom. The first-order valence-electron chi connectivity index (χ1n) is 4.31. The molecule has 1 rings (SSSR count). The molecule has 12 heavy (non-hydrogen) atoms. The van der Waals surface area contributed by atoms with E-state index in [4.69, 9.17) is 5.11 Å². The van der Waals surface area contributed by atoms with E-state index in [0.717, 1.165) is 0 Å². The van der Waals surface area contributed by atoms with Crippen LogP contribution in [0.15, 0.2) is 0 Å². The van der Waals surface area contributed by atoms with Gasteiger partial charge >= 0.3 is 0 Å². The van der Waals surface area contributed by atoms with Gasteiger partial charge in [-0.3, -0.25) is 0 Å². The number of aliphatic hydroxyl groups excluding tert-OH is 3. The van der Waals surface area contributed by atoms with Gasteiger partial charge < -0.3 is 20.6 Å². The summed E-state index contributed by atoms with van der Waals surface area (Å²) in [6, 6.07) is -0.496. The first kappa shape index (κ1) is 9.92. The summed E-state index contributed by atoms with van der Waals surface area (Å²) in [6.07, 6.45) is -1.61. The van der Waals surface area contributed by atoms with Crippen LogP contribution in [0.5, 0.6) is 0 Å². The zero-order valence-electron chi connectivity index (χ0n) is 7.44. The molecule has 1 saturated heterocycles. The fourth-order valence-electron chi connectivity index (χ4n) is 1.64. The average molecular weight is 175 g/mol. The first-order valence-corrected chi connectivity index (χ1v) is 4.31. The Morgan fingerprint density at radius 3 is 2.08 bits per heavy atom. The topological polar surface area (TPSA) is 72.7 Å². The van der Waals surface area contributed by atoms with E-state index in [0.29, 0.717) is 0 Å². The molecule has 3 unspecified atom stereocenters. The molecular weight excluding hydrogens is 158 g/mol. The van der Waals surface area contributed by atoms with Crippen LogP contribution in [-0.4, -0.2) is 46.2 Å². The summed E-state index contributed by atoms with van der Waals surface area (Å²) in [5.41, 5.74) is 0. The van der Waals surface area contributed by atoms with E-state index >= 15 is 0 Å². The van der Waals surface area contributed by atoms with Crippen molar-refractivity contribution in [2.24, 2.45) is 5.92 Å². The largest absolute Gasteiger partial charge is 0.395 e. The van der Waals surface area contributed by atoms with Gasteiger partial charge in [0.1, 0.15) is 0 Å². The van der Waals surface area contributed by atoms with Crippen LogP contribution in [0.25, 0.3) is 0 Å². The van der Waals surface area contributed by atoms with Gasteiger partial charge in [-0.05, 0) is 5.92 Å². The molecule has 0 radical (unpaired) electrons. The van der Waals surface area contributed by atoms with Crippen LogP contribution >= 0.6 is 0 Å². The molecule has 0 aromatic rings. The number of hydrogen-bond donors (Lipinski definition) is 4. The SMILES string of the molecule is CC(C)C1NC(CO)[C@H](O)C1O. The number of aliphatic hydroxyl groups is 3. The fourth-order valence-corrected chi connectivity index (χ4v) is 1.64. The van der Waals surface area contributed by atoms with Gasteiger partial charge in [0.2, 0.25) is 0 Å². The fraction of sp³-hybridized carbons (Fsp3) is 1.00. The molecule has 1 aliphatic rings. The molecule has 72 valence electrons. The Bertz CT molecular complexity index is 151. The molecule has 0 saturated carbocycles. The van der Waals surface area contributed by atoms with E-state index in [-0.39, 0.29) is 24.6 Å². The monoisotopic (exact) mass is 175 g/mol. The molecular formula is C8H17NO3. The Hall–Kier alpha value is -0.160. The zero-order chi connectivity index (χ0) is 9.30. The molecule has 4 nitrogen and oxygen atoms in total. The molecule has 4 atom stereocenters. The van der Waals surface area contributed by atoms with Crippen LogP contribution in [0, 0.1) is 5.92 Å². The third-order valence-corrected chi connectivity index (χ3v) is 2.45. The molecule has 0 bridgehead atoms. The third kappa shape index (κ3) is 1.61. The Kier molecular flexibility index (Phi) is 3.06. The maximum Gasteiger partial charge on any atom is 0.0989 e. The summed E-state index contributed by atoms with van der Waals surface area (Å²) in [6.45, 7) is 3.79. The van der Waals surface area contributed by atoms with Crippen LogP contribution in [0.1, 0.15) is 13.8 Å².